The number of hydrogen-bond donors (Lipinski definition) is 0. The highest BCUT2D eigenvalue weighted by Gasteiger charge is 2.21. The van der Waals surface area contributed by atoms with Gasteiger partial charge in [0.25, 0.3) is 0 Å². The summed E-state index contributed by atoms with van der Waals surface area (Å²) < 4.78 is 77.0. The Hall–Kier alpha value is -9.20. The van der Waals surface area contributed by atoms with Gasteiger partial charge in [-0.3, -0.25) is 4.98 Å². The number of nitrogens with zero attached hydrogens (tertiary/aromatic N) is 5. The predicted molar refractivity (Wildman–Crippen MR) is 271 cm³/mol. The summed E-state index contributed by atoms with van der Waals surface area (Å²) in [5, 5.41) is 5.00. The summed E-state index contributed by atoms with van der Waals surface area (Å²) in [7, 11) is 0. The molecule has 0 bridgehead atoms. The lowest BCUT2D eigenvalue weighted by atomic mass is 9.98. The molecule has 0 spiro atoms. The summed E-state index contributed by atoms with van der Waals surface area (Å²) in [5.41, 5.74) is 10.1. The second kappa shape index (κ2) is 14.7. The van der Waals surface area contributed by atoms with Gasteiger partial charge in [-0.05, 0) is 71.7 Å². The third-order valence-electron chi connectivity index (χ3n) is 12.6. The molecule has 312 valence electrons. The average Bonchev–Trinajstić information content (AvgIpc) is 4.19. The van der Waals surface area contributed by atoms with Gasteiger partial charge in [0.15, 0.2) is 17.5 Å². The molecule has 7 nitrogen and oxygen atoms in total. The average molecular weight is 865 g/mol. The molecule has 0 aliphatic rings. The fraction of sp³-hybridized carbons (Fsp3) is 0. The Morgan fingerprint density at radius 3 is 1.88 bits per heavy atom. The van der Waals surface area contributed by atoms with Crippen molar-refractivity contribution in [3.63, 3.8) is 0 Å². The summed E-state index contributed by atoms with van der Waals surface area (Å²) in [6.07, 6.45) is 1.73. The highest BCUT2D eigenvalue weighted by atomic mass is 16.3. The van der Waals surface area contributed by atoms with Crippen molar-refractivity contribution < 1.29 is 18.4 Å². The first kappa shape index (κ1) is 30.8. The minimum atomic E-state index is -0.478. The number of benzene rings is 9. The van der Waals surface area contributed by atoms with Crippen LogP contribution in [0.4, 0.5) is 0 Å². The second-order valence-electron chi connectivity index (χ2n) is 16.4. The molecule has 5 aromatic heterocycles. The number of para-hydroxylation sites is 6. The van der Waals surface area contributed by atoms with Crippen molar-refractivity contribution in [1.29, 1.82) is 0 Å². The van der Waals surface area contributed by atoms with E-state index in [0.29, 0.717) is 34.0 Å². The summed E-state index contributed by atoms with van der Waals surface area (Å²) >= 11 is 0. The molecule has 0 aliphatic carbocycles. The zero-order valence-electron chi connectivity index (χ0n) is 42.2. The van der Waals surface area contributed by atoms with Crippen LogP contribution in [0.3, 0.4) is 0 Å². The first-order valence-corrected chi connectivity index (χ1v) is 21.8. The first-order chi connectivity index (χ1) is 36.1. The van der Waals surface area contributed by atoms with E-state index in [1.54, 1.807) is 22.9 Å². The van der Waals surface area contributed by atoms with Gasteiger partial charge in [-0.1, -0.05) is 145 Å². The molecule has 14 aromatic rings. The first-order valence-electron chi connectivity index (χ1n) is 25.3. The number of fused-ring (bicyclic) bond motifs is 10. The summed E-state index contributed by atoms with van der Waals surface area (Å²) in [5.74, 6) is 0.947. The number of rotatable bonds is 6. The standard InChI is InChI=1S/C60H35N5O2/c1-5-27-51-42(16-1)43-17-2-6-28-52(43)65(51)53-29-7-3-19-48(53)60-63-58(62-59(64-60)47-24-12-26-50-41(47)25-13-33-61-50)38-15-9-14-36(34-38)39-20-11-23-46-49-35-37(31-32-55(49)67-57(39)46)40-21-10-22-45-44-18-4-8-30-54(44)66-56(40)45/h1-35H/i1D,2D,5D,16D,17D,27D,28D. The van der Waals surface area contributed by atoms with Crippen molar-refractivity contribution in [2.45, 2.75) is 0 Å². The quantitative estimate of drug-likeness (QED) is 0.166. The SMILES string of the molecule is [2H]c1cc([2H])c2c(c1[2H])c1c([2H])c([2H])c([2H])c([2H])c1n2-c1ccccc1-c1nc(-c2cccc(-c3cccc4c3oc3ccc(-c5cccc6c5oc5ccccc56)cc34)c2)nc(-c2cccc3ncccc23)n1. The molecule has 5 heterocycles. The summed E-state index contributed by atoms with van der Waals surface area (Å²) in [4.78, 5) is 20.1. The van der Waals surface area contributed by atoms with Crippen molar-refractivity contribution in [3.05, 3.63) is 212 Å². The van der Waals surface area contributed by atoms with E-state index in [9.17, 15) is 2.74 Å². The molecule has 0 N–H and O–H groups in total. The van der Waals surface area contributed by atoms with Gasteiger partial charge in [-0.25, -0.2) is 15.0 Å². The molecule has 0 aliphatic heterocycles. The molecule has 0 saturated heterocycles. The highest BCUT2D eigenvalue weighted by Crippen LogP contribution is 2.42. The van der Waals surface area contributed by atoms with E-state index in [2.05, 4.69) is 47.4 Å². The van der Waals surface area contributed by atoms with Crippen LogP contribution in [0.25, 0.3) is 139 Å². The number of furan rings is 2. The Morgan fingerprint density at radius 1 is 0.388 bits per heavy atom. The van der Waals surface area contributed by atoms with Crippen LogP contribution in [-0.2, 0) is 0 Å². The fourth-order valence-electron chi connectivity index (χ4n) is 9.60. The van der Waals surface area contributed by atoms with Crippen LogP contribution < -0.4 is 0 Å². The third-order valence-corrected chi connectivity index (χ3v) is 12.6. The van der Waals surface area contributed by atoms with Crippen molar-refractivity contribution in [1.82, 2.24) is 24.5 Å². The molecule has 0 fully saturated rings. The maximum atomic E-state index is 9.21. The predicted octanol–water partition coefficient (Wildman–Crippen LogP) is 15.7. The maximum Gasteiger partial charge on any atom is 0.166 e. The molecule has 67 heavy (non-hydrogen) atoms. The van der Waals surface area contributed by atoms with Crippen molar-refractivity contribution in [2.75, 3.05) is 0 Å². The van der Waals surface area contributed by atoms with Gasteiger partial charge in [0.2, 0.25) is 0 Å². The van der Waals surface area contributed by atoms with Crippen LogP contribution in [0.2, 0.25) is 0 Å². The highest BCUT2D eigenvalue weighted by molar-refractivity contribution is 6.14. The van der Waals surface area contributed by atoms with E-state index in [-0.39, 0.29) is 57.8 Å². The lowest BCUT2D eigenvalue weighted by Crippen LogP contribution is -2.04. The van der Waals surface area contributed by atoms with Gasteiger partial charge in [-0.15, -0.1) is 0 Å². The molecule has 14 rings (SSSR count). The molecule has 0 radical (unpaired) electrons. The van der Waals surface area contributed by atoms with Crippen molar-refractivity contribution in [2.24, 2.45) is 0 Å². The van der Waals surface area contributed by atoms with E-state index < -0.39 is 12.1 Å². The maximum absolute atomic E-state index is 9.21. The Kier molecular flexibility index (Phi) is 6.75. The van der Waals surface area contributed by atoms with Crippen LogP contribution in [0.5, 0.6) is 0 Å². The normalized spacial score (nSPS) is 13.3. The summed E-state index contributed by atoms with van der Waals surface area (Å²) in [6.45, 7) is 0. The zero-order valence-corrected chi connectivity index (χ0v) is 35.2. The Morgan fingerprint density at radius 2 is 1.00 bits per heavy atom. The largest absolute Gasteiger partial charge is 0.455 e. The van der Waals surface area contributed by atoms with Crippen LogP contribution in [-0.4, -0.2) is 24.5 Å². The number of pyridine rings is 1. The van der Waals surface area contributed by atoms with E-state index >= 15 is 0 Å². The molecular formula is C60H35N5O2. The number of aromatic nitrogens is 5. The number of hydrogen-bond acceptors (Lipinski definition) is 6. The monoisotopic (exact) mass is 864 g/mol. The van der Waals surface area contributed by atoms with Crippen LogP contribution in [0, 0.1) is 0 Å². The van der Waals surface area contributed by atoms with Crippen molar-refractivity contribution in [3.8, 4) is 62.1 Å². The van der Waals surface area contributed by atoms with E-state index in [0.717, 1.165) is 77.0 Å². The van der Waals surface area contributed by atoms with E-state index in [1.165, 1.54) is 6.07 Å². The van der Waals surface area contributed by atoms with Crippen LogP contribution in [0.1, 0.15) is 9.60 Å². The Balaban J connectivity index is 0.957. The molecule has 7 heteroatoms. The molecule has 0 saturated carbocycles. The third kappa shape index (κ3) is 5.85. The smallest absolute Gasteiger partial charge is 0.166 e. The Bertz CT molecular complexity index is 4730. The lowest BCUT2D eigenvalue weighted by Gasteiger charge is -2.15. The topological polar surface area (TPSA) is 82.8 Å². The Labute approximate surface area is 392 Å². The zero-order chi connectivity index (χ0) is 50.1. The fourth-order valence-corrected chi connectivity index (χ4v) is 9.60. The van der Waals surface area contributed by atoms with Gasteiger partial charge in [0, 0.05) is 71.7 Å². The lowest BCUT2D eigenvalue weighted by molar-refractivity contribution is 0.669. The van der Waals surface area contributed by atoms with Crippen LogP contribution >= 0.6 is 0 Å². The minimum Gasteiger partial charge on any atom is -0.455 e. The van der Waals surface area contributed by atoms with Gasteiger partial charge in [-0.2, -0.15) is 0 Å². The molecule has 0 atom stereocenters. The molecule has 0 unspecified atom stereocenters. The van der Waals surface area contributed by atoms with Gasteiger partial charge >= 0.3 is 0 Å². The second-order valence-corrected chi connectivity index (χ2v) is 16.4. The molecular weight excluding hydrogens is 823 g/mol. The molecule has 0 amide bonds. The van der Waals surface area contributed by atoms with E-state index in [4.69, 9.17) is 30.6 Å². The molecule has 9 aromatic carbocycles. The van der Waals surface area contributed by atoms with E-state index in [1.807, 2.05) is 103 Å². The van der Waals surface area contributed by atoms with Gasteiger partial charge in [0.05, 0.1) is 31.8 Å². The van der Waals surface area contributed by atoms with Gasteiger partial charge in [0.1, 0.15) is 22.3 Å². The van der Waals surface area contributed by atoms with Crippen molar-refractivity contribution >= 4 is 76.6 Å². The van der Waals surface area contributed by atoms with Crippen LogP contribution in [0.15, 0.2) is 221 Å². The van der Waals surface area contributed by atoms with Gasteiger partial charge < -0.3 is 13.4 Å². The minimum absolute atomic E-state index is 0.0469. The summed E-state index contributed by atoms with van der Waals surface area (Å²) in [6, 6.07) is 50.4.